The Morgan fingerprint density at radius 3 is 2.52 bits per heavy atom. The van der Waals surface area contributed by atoms with Crippen molar-refractivity contribution in [3.8, 4) is 0 Å². The number of amides is 1. The molecule has 1 atom stereocenters. The number of benzene rings is 1. The van der Waals surface area contributed by atoms with Gasteiger partial charge in [-0.15, -0.1) is 12.4 Å². The van der Waals surface area contributed by atoms with Crippen LogP contribution < -0.4 is 11.1 Å². The molecule has 4 nitrogen and oxygen atoms in total. The molecular weight excluding hydrogens is 288 g/mol. The first kappa shape index (κ1) is 18.0. The summed E-state index contributed by atoms with van der Waals surface area (Å²) in [5.41, 5.74) is 6.64. The monoisotopic (exact) mass is 312 g/mol. The summed E-state index contributed by atoms with van der Waals surface area (Å²) in [6.45, 7) is 4.40. The third-order valence-corrected chi connectivity index (χ3v) is 4.26. The number of nitrogens with one attached hydrogen (secondary N) is 1. The number of hydrogen-bond acceptors (Lipinski definition) is 3. The molecule has 21 heavy (non-hydrogen) atoms. The molecule has 1 fully saturated rings. The third-order valence-electron chi connectivity index (χ3n) is 4.26. The average molecular weight is 313 g/mol. The summed E-state index contributed by atoms with van der Waals surface area (Å²) in [7, 11) is 0. The summed E-state index contributed by atoms with van der Waals surface area (Å²) in [6, 6.07) is 10.2. The van der Waals surface area contributed by atoms with Crippen LogP contribution in [0.5, 0.6) is 0 Å². The van der Waals surface area contributed by atoms with E-state index in [1.807, 2.05) is 18.2 Å². The number of ether oxygens (including phenoxy) is 1. The van der Waals surface area contributed by atoms with Crippen molar-refractivity contribution < 1.29 is 9.53 Å². The van der Waals surface area contributed by atoms with E-state index < -0.39 is 5.41 Å². The van der Waals surface area contributed by atoms with Gasteiger partial charge in [0, 0.05) is 26.3 Å². The SMILES string of the molecule is CC(CNC(=O)C1(CN)CCOCC1)c1ccccc1.Cl. The van der Waals surface area contributed by atoms with E-state index in [9.17, 15) is 4.79 Å². The maximum atomic E-state index is 12.4. The van der Waals surface area contributed by atoms with Gasteiger partial charge in [-0.05, 0) is 24.3 Å². The molecule has 1 aromatic rings. The van der Waals surface area contributed by atoms with E-state index >= 15 is 0 Å². The Morgan fingerprint density at radius 1 is 1.33 bits per heavy atom. The van der Waals surface area contributed by atoms with Gasteiger partial charge in [0.1, 0.15) is 0 Å². The van der Waals surface area contributed by atoms with Gasteiger partial charge in [-0.25, -0.2) is 0 Å². The summed E-state index contributed by atoms with van der Waals surface area (Å²) in [5.74, 6) is 0.376. The third kappa shape index (κ3) is 4.43. The normalized spacial score (nSPS) is 18.4. The minimum Gasteiger partial charge on any atom is -0.381 e. The molecule has 118 valence electrons. The lowest BCUT2D eigenvalue weighted by molar-refractivity contribution is -0.135. The highest BCUT2D eigenvalue weighted by Gasteiger charge is 2.38. The van der Waals surface area contributed by atoms with Gasteiger partial charge in [-0.3, -0.25) is 4.79 Å². The number of halogens is 1. The van der Waals surface area contributed by atoms with E-state index in [-0.39, 0.29) is 18.3 Å². The van der Waals surface area contributed by atoms with Gasteiger partial charge in [-0.1, -0.05) is 37.3 Å². The average Bonchev–Trinajstić information content (AvgIpc) is 2.53. The van der Waals surface area contributed by atoms with Crippen LogP contribution in [0.1, 0.15) is 31.2 Å². The maximum Gasteiger partial charge on any atom is 0.227 e. The second kappa shape index (κ2) is 8.37. The zero-order valence-corrected chi connectivity index (χ0v) is 13.3. The summed E-state index contributed by atoms with van der Waals surface area (Å²) in [6.07, 6.45) is 1.43. The molecule has 1 aliphatic rings. The number of nitrogens with two attached hydrogens (primary N) is 1. The van der Waals surface area contributed by atoms with E-state index in [0.29, 0.717) is 32.2 Å². The van der Waals surface area contributed by atoms with Crippen molar-refractivity contribution in [3.05, 3.63) is 35.9 Å². The number of rotatable bonds is 5. The van der Waals surface area contributed by atoms with Crippen molar-refractivity contribution in [1.82, 2.24) is 5.32 Å². The fourth-order valence-corrected chi connectivity index (χ4v) is 2.62. The smallest absolute Gasteiger partial charge is 0.227 e. The highest BCUT2D eigenvalue weighted by atomic mass is 35.5. The Labute approximate surface area is 132 Å². The number of carbonyl (C=O) groups excluding carboxylic acids is 1. The lowest BCUT2D eigenvalue weighted by Gasteiger charge is -2.34. The molecule has 1 aliphatic heterocycles. The molecule has 0 saturated carbocycles. The van der Waals surface area contributed by atoms with Crippen LogP contribution in [0.2, 0.25) is 0 Å². The lowest BCUT2D eigenvalue weighted by atomic mass is 9.79. The van der Waals surface area contributed by atoms with E-state index in [1.54, 1.807) is 0 Å². The van der Waals surface area contributed by atoms with Gasteiger partial charge >= 0.3 is 0 Å². The minimum absolute atomic E-state index is 0. The molecule has 1 unspecified atom stereocenters. The largest absolute Gasteiger partial charge is 0.381 e. The van der Waals surface area contributed by atoms with Crippen molar-refractivity contribution in [2.24, 2.45) is 11.1 Å². The van der Waals surface area contributed by atoms with E-state index in [0.717, 1.165) is 12.8 Å². The molecular formula is C16H25ClN2O2. The van der Waals surface area contributed by atoms with Crippen LogP contribution in [-0.4, -0.2) is 32.2 Å². The fraction of sp³-hybridized carbons (Fsp3) is 0.562. The van der Waals surface area contributed by atoms with Crippen LogP contribution in [-0.2, 0) is 9.53 Å². The molecule has 0 spiro atoms. The van der Waals surface area contributed by atoms with Crippen LogP contribution >= 0.6 is 12.4 Å². The van der Waals surface area contributed by atoms with Crippen molar-refractivity contribution in [1.29, 1.82) is 0 Å². The maximum absolute atomic E-state index is 12.4. The Balaban J connectivity index is 0.00000220. The standard InChI is InChI=1S/C16H24N2O2.ClH/c1-13(14-5-3-2-4-6-14)11-18-15(19)16(12-17)7-9-20-10-8-16;/h2-6,13H,7-12,17H2,1H3,(H,18,19);1H. The van der Waals surface area contributed by atoms with Gasteiger partial charge in [-0.2, -0.15) is 0 Å². The molecule has 0 aliphatic carbocycles. The van der Waals surface area contributed by atoms with Crippen molar-refractivity contribution >= 4 is 18.3 Å². The van der Waals surface area contributed by atoms with Crippen LogP contribution in [0.3, 0.4) is 0 Å². The predicted molar refractivity (Wildman–Crippen MR) is 86.7 cm³/mol. The van der Waals surface area contributed by atoms with E-state index in [1.165, 1.54) is 5.56 Å². The molecule has 1 saturated heterocycles. The van der Waals surface area contributed by atoms with Crippen molar-refractivity contribution in [3.63, 3.8) is 0 Å². The molecule has 1 heterocycles. The summed E-state index contributed by atoms with van der Waals surface area (Å²) < 4.78 is 5.34. The van der Waals surface area contributed by atoms with Crippen LogP contribution in [0, 0.1) is 5.41 Å². The first-order chi connectivity index (χ1) is 9.68. The summed E-state index contributed by atoms with van der Waals surface area (Å²) in [4.78, 5) is 12.4. The topological polar surface area (TPSA) is 64.4 Å². The van der Waals surface area contributed by atoms with Crippen LogP contribution in [0.25, 0.3) is 0 Å². The number of hydrogen-bond donors (Lipinski definition) is 2. The molecule has 3 N–H and O–H groups in total. The van der Waals surface area contributed by atoms with Gasteiger partial charge in [0.05, 0.1) is 5.41 Å². The van der Waals surface area contributed by atoms with Gasteiger partial charge in [0.2, 0.25) is 5.91 Å². The second-order valence-corrected chi connectivity index (χ2v) is 5.62. The zero-order valence-electron chi connectivity index (χ0n) is 12.5. The molecule has 0 bridgehead atoms. The first-order valence-electron chi connectivity index (χ1n) is 7.29. The van der Waals surface area contributed by atoms with E-state index in [4.69, 9.17) is 10.5 Å². The quantitative estimate of drug-likeness (QED) is 0.875. The molecule has 1 amide bonds. The molecule has 0 radical (unpaired) electrons. The van der Waals surface area contributed by atoms with Gasteiger partial charge in [0.15, 0.2) is 0 Å². The molecule has 1 aromatic carbocycles. The molecule has 0 aromatic heterocycles. The second-order valence-electron chi connectivity index (χ2n) is 5.62. The number of carbonyl (C=O) groups is 1. The Kier molecular flexibility index (Phi) is 7.15. The summed E-state index contributed by atoms with van der Waals surface area (Å²) in [5, 5.41) is 3.07. The fourth-order valence-electron chi connectivity index (χ4n) is 2.62. The van der Waals surface area contributed by atoms with Crippen LogP contribution in [0.4, 0.5) is 0 Å². The van der Waals surface area contributed by atoms with Crippen molar-refractivity contribution in [2.45, 2.75) is 25.7 Å². The van der Waals surface area contributed by atoms with Crippen LogP contribution in [0.15, 0.2) is 30.3 Å². The Bertz CT molecular complexity index is 433. The Morgan fingerprint density at radius 2 is 1.95 bits per heavy atom. The van der Waals surface area contributed by atoms with Gasteiger partial charge in [0.25, 0.3) is 0 Å². The summed E-state index contributed by atoms with van der Waals surface area (Å²) >= 11 is 0. The zero-order chi connectivity index (χ0) is 14.4. The minimum atomic E-state index is -0.436. The van der Waals surface area contributed by atoms with Gasteiger partial charge < -0.3 is 15.8 Å². The molecule has 5 heteroatoms. The highest BCUT2D eigenvalue weighted by Crippen LogP contribution is 2.29. The highest BCUT2D eigenvalue weighted by molar-refractivity contribution is 5.85. The Hall–Kier alpha value is -1.10. The first-order valence-corrected chi connectivity index (χ1v) is 7.29. The predicted octanol–water partition coefficient (Wildman–Crippen LogP) is 2.08. The lowest BCUT2D eigenvalue weighted by Crippen LogP contribution is -2.49. The van der Waals surface area contributed by atoms with E-state index in [2.05, 4.69) is 24.4 Å². The molecule has 2 rings (SSSR count). The van der Waals surface area contributed by atoms with Crippen molar-refractivity contribution in [2.75, 3.05) is 26.3 Å².